The largest absolute Gasteiger partial charge is 0.292 e. The van der Waals surface area contributed by atoms with E-state index in [1.165, 1.54) is 27.8 Å². The van der Waals surface area contributed by atoms with Crippen LogP contribution in [0, 0.1) is 6.92 Å². The summed E-state index contributed by atoms with van der Waals surface area (Å²) < 4.78 is 0. The van der Waals surface area contributed by atoms with Crippen LogP contribution in [0.1, 0.15) is 53.6 Å². The van der Waals surface area contributed by atoms with Gasteiger partial charge in [0.05, 0.1) is 12.1 Å². The number of hydrogen-bond donors (Lipinski definition) is 0. The molecule has 3 aromatic carbocycles. The minimum absolute atomic E-state index is 0.315. The highest BCUT2D eigenvalue weighted by Crippen LogP contribution is 2.32. The number of aliphatic imine (C=N–C) groups is 1. The maximum Gasteiger partial charge on any atom is 0.0601 e. The van der Waals surface area contributed by atoms with E-state index in [1.807, 2.05) is 12.3 Å². The molecule has 3 aromatic rings. The van der Waals surface area contributed by atoms with Gasteiger partial charge in [-0.2, -0.15) is 0 Å². The van der Waals surface area contributed by atoms with E-state index in [9.17, 15) is 0 Å². The molecule has 0 aliphatic carbocycles. The molecular weight excluding hydrogens is 364 g/mol. The number of likely N-dealkylation sites (tertiary alicyclic amines) is 1. The zero-order chi connectivity index (χ0) is 20.8. The number of rotatable bonds is 6. The van der Waals surface area contributed by atoms with Crippen LogP contribution in [0.15, 0.2) is 83.9 Å². The molecule has 2 nitrogen and oxygen atoms in total. The zero-order valence-electron chi connectivity index (χ0n) is 18.2. The lowest BCUT2D eigenvalue weighted by atomic mass is 9.92. The van der Waals surface area contributed by atoms with Gasteiger partial charge in [-0.3, -0.25) is 9.89 Å². The normalized spacial score (nSPS) is 16.7. The number of benzene rings is 3. The summed E-state index contributed by atoms with van der Waals surface area (Å²) in [5.41, 5.74) is 6.70. The molecule has 30 heavy (non-hydrogen) atoms. The minimum atomic E-state index is 0.315. The van der Waals surface area contributed by atoms with Crippen molar-refractivity contribution in [3.05, 3.63) is 107 Å². The van der Waals surface area contributed by atoms with Crippen molar-refractivity contribution in [2.45, 2.75) is 45.2 Å². The summed E-state index contributed by atoms with van der Waals surface area (Å²) in [4.78, 5) is 7.52. The van der Waals surface area contributed by atoms with Crippen molar-refractivity contribution in [3.8, 4) is 0 Å². The smallest absolute Gasteiger partial charge is 0.0601 e. The Hall–Kier alpha value is -2.71. The second-order valence-corrected chi connectivity index (χ2v) is 8.37. The Morgan fingerprint density at radius 1 is 0.900 bits per heavy atom. The van der Waals surface area contributed by atoms with Gasteiger partial charge in [0.1, 0.15) is 0 Å². The molecule has 2 heteroatoms. The lowest BCUT2D eigenvalue weighted by Gasteiger charge is -2.37. The second-order valence-electron chi connectivity index (χ2n) is 8.37. The summed E-state index contributed by atoms with van der Waals surface area (Å²) in [6.45, 7) is 6.55. The van der Waals surface area contributed by atoms with E-state index in [0.29, 0.717) is 12.1 Å². The van der Waals surface area contributed by atoms with Gasteiger partial charge < -0.3 is 0 Å². The first-order valence-corrected chi connectivity index (χ1v) is 11.2. The lowest BCUT2D eigenvalue weighted by Crippen LogP contribution is -2.38. The summed E-state index contributed by atoms with van der Waals surface area (Å²) in [6, 6.07) is 29.4. The molecule has 1 unspecified atom stereocenters. The van der Waals surface area contributed by atoms with Crippen LogP contribution in [-0.2, 0) is 6.42 Å². The number of nitrogens with zero attached hydrogens (tertiary/aromatic N) is 2. The fourth-order valence-electron chi connectivity index (χ4n) is 4.41. The molecule has 0 spiro atoms. The first-order valence-electron chi connectivity index (χ1n) is 11.2. The van der Waals surface area contributed by atoms with Crippen molar-refractivity contribution < 1.29 is 0 Å². The molecule has 0 saturated carbocycles. The Labute approximate surface area is 181 Å². The molecule has 0 N–H and O–H groups in total. The van der Waals surface area contributed by atoms with Crippen LogP contribution in [0.2, 0.25) is 0 Å². The van der Waals surface area contributed by atoms with E-state index in [-0.39, 0.29) is 0 Å². The van der Waals surface area contributed by atoms with E-state index < -0.39 is 0 Å². The highest BCUT2D eigenvalue weighted by molar-refractivity contribution is 5.79. The van der Waals surface area contributed by atoms with Crippen molar-refractivity contribution >= 4 is 6.21 Å². The highest BCUT2D eigenvalue weighted by Gasteiger charge is 2.27. The second kappa shape index (κ2) is 9.86. The number of aryl methyl sites for hydroxylation is 2. The Morgan fingerprint density at radius 3 is 2.30 bits per heavy atom. The summed E-state index contributed by atoms with van der Waals surface area (Å²) in [6.07, 6.45) is 5.35. The first kappa shape index (κ1) is 20.6. The van der Waals surface area contributed by atoms with Gasteiger partial charge in [0.15, 0.2) is 0 Å². The Balaban J connectivity index is 1.51. The van der Waals surface area contributed by atoms with E-state index in [2.05, 4.69) is 91.5 Å². The third kappa shape index (κ3) is 5.06. The third-order valence-corrected chi connectivity index (χ3v) is 6.16. The Kier molecular flexibility index (Phi) is 6.76. The zero-order valence-corrected chi connectivity index (χ0v) is 18.2. The Bertz CT molecular complexity index is 951. The van der Waals surface area contributed by atoms with Gasteiger partial charge in [-0.15, -0.1) is 0 Å². The van der Waals surface area contributed by atoms with Crippen LogP contribution < -0.4 is 0 Å². The van der Waals surface area contributed by atoms with Gasteiger partial charge in [-0.05, 0) is 48.4 Å². The van der Waals surface area contributed by atoms with Crippen molar-refractivity contribution in [2.75, 3.05) is 13.1 Å². The molecule has 0 aromatic heterocycles. The van der Waals surface area contributed by atoms with E-state index >= 15 is 0 Å². The molecule has 1 atom stereocenters. The van der Waals surface area contributed by atoms with E-state index in [4.69, 9.17) is 4.99 Å². The molecule has 1 aliphatic rings. The predicted octanol–water partition coefficient (Wildman–Crippen LogP) is 6.23. The van der Waals surface area contributed by atoms with Gasteiger partial charge >= 0.3 is 0 Å². The topological polar surface area (TPSA) is 15.6 Å². The van der Waals surface area contributed by atoms with Crippen LogP contribution in [0.25, 0.3) is 0 Å². The summed E-state index contributed by atoms with van der Waals surface area (Å²) in [5, 5.41) is 0. The van der Waals surface area contributed by atoms with Crippen LogP contribution in [0.5, 0.6) is 0 Å². The van der Waals surface area contributed by atoms with Crippen LogP contribution in [-0.4, -0.2) is 30.2 Å². The van der Waals surface area contributed by atoms with Crippen LogP contribution in [0.3, 0.4) is 0 Å². The highest BCUT2D eigenvalue weighted by atomic mass is 15.2. The molecule has 0 radical (unpaired) electrons. The summed E-state index contributed by atoms with van der Waals surface area (Å²) in [7, 11) is 0. The molecule has 0 amide bonds. The fraction of sp³-hybridized carbons (Fsp3) is 0.321. The molecular formula is C28H32N2. The molecule has 0 bridgehead atoms. The van der Waals surface area contributed by atoms with Gasteiger partial charge in [-0.1, -0.05) is 91.3 Å². The van der Waals surface area contributed by atoms with Gasteiger partial charge in [-0.25, -0.2) is 0 Å². The van der Waals surface area contributed by atoms with Crippen LogP contribution in [0.4, 0.5) is 0 Å². The number of piperidine rings is 1. The quantitative estimate of drug-likeness (QED) is 0.451. The molecule has 4 rings (SSSR count). The fourth-order valence-corrected chi connectivity index (χ4v) is 4.41. The average molecular weight is 397 g/mol. The average Bonchev–Trinajstić information content (AvgIpc) is 2.80. The van der Waals surface area contributed by atoms with Gasteiger partial charge in [0, 0.05) is 19.3 Å². The van der Waals surface area contributed by atoms with Crippen molar-refractivity contribution in [1.29, 1.82) is 0 Å². The van der Waals surface area contributed by atoms with Crippen molar-refractivity contribution in [2.24, 2.45) is 4.99 Å². The third-order valence-electron chi connectivity index (χ3n) is 6.16. The van der Waals surface area contributed by atoms with Gasteiger partial charge in [0.25, 0.3) is 0 Å². The predicted molar refractivity (Wildman–Crippen MR) is 127 cm³/mol. The van der Waals surface area contributed by atoms with E-state index in [1.54, 1.807) is 0 Å². The Morgan fingerprint density at radius 2 is 1.63 bits per heavy atom. The molecule has 1 aliphatic heterocycles. The maximum absolute atomic E-state index is 4.88. The lowest BCUT2D eigenvalue weighted by molar-refractivity contribution is 0.175. The van der Waals surface area contributed by atoms with Crippen molar-refractivity contribution in [3.63, 3.8) is 0 Å². The standard InChI is InChI=1S/C28H32N2/c1-3-23-12-14-25(15-13-23)28(26-11-7-8-22(2)20-26)30-18-16-27(17-19-30)29-21-24-9-5-4-6-10-24/h4-15,20-21,27-28H,3,16-19H2,1-2H3. The maximum atomic E-state index is 4.88. The molecule has 154 valence electrons. The minimum Gasteiger partial charge on any atom is -0.292 e. The van der Waals surface area contributed by atoms with E-state index in [0.717, 1.165) is 32.4 Å². The van der Waals surface area contributed by atoms with Crippen LogP contribution >= 0.6 is 0 Å². The molecule has 1 fully saturated rings. The SMILES string of the molecule is CCc1ccc(C(c2cccc(C)c2)N2CCC(N=Cc3ccccc3)CC2)cc1. The summed E-state index contributed by atoms with van der Waals surface area (Å²) in [5.74, 6) is 0. The van der Waals surface area contributed by atoms with Gasteiger partial charge in [0.2, 0.25) is 0 Å². The molecule has 1 saturated heterocycles. The first-order chi connectivity index (χ1) is 14.7. The number of hydrogen-bond acceptors (Lipinski definition) is 2. The summed E-state index contributed by atoms with van der Waals surface area (Å²) >= 11 is 0. The van der Waals surface area contributed by atoms with Crippen molar-refractivity contribution in [1.82, 2.24) is 4.90 Å². The monoisotopic (exact) mass is 396 g/mol. The molecule has 1 heterocycles.